The van der Waals surface area contributed by atoms with Gasteiger partial charge in [-0.2, -0.15) is 0 Å². The Bertz CT molecular complexity index is 680. The Morgan fingerprint density at radius 1 is 1.24 bits per heavy atom. The number of ether oxygens (including phenoxy) is 2. The quantitative estimate of drug-likeness (QED) is 0.912. The summed E-state index contributed by atoms with van der Waals surface area (Å²) in [6.07, 6.45) is 0.233. The van der Waals surface area contributed by atoms with Crippen molar-refractivity contribution in [2.45, 2.75) is 40.2 Å². The number of hydrogen-bond acceptors (Lipinski definition) is 4. The molecule has 1 saturated heterocycles. The van der Waals surface area contributed by atoms with Gasteiger partial charge in [-0.05, 0) is 24.5 Å². The van der Waals surface area contributed by atoms with Crippen LogP contribution in [0.4, 0.5) is 5.69 Å². The number of carbonyl (C=O) groups excluding carboxylic acids is 2. The predicted octanol–water partition coefficient (Wildman–Crippen LogP) is 2.36. The summed E-state index contributed by atoms with van der Waals surface area (Å²) in [6.45, 7) is 9.66. The molecule has 0 bridgehead atoms. The molecule has 2 amide bonds. The van der Waals surface area contributed by atoms with Crippen LogP contribution in [0.15, 0.2) is 18.2 Å². The number of fused-ring (bicyclic) bond motifs is 1. The molecule has 0 saturated carbocycles. The van der Waals surface area contributed by atoms with Crippen LogP contribution >= 0.6 is 0 Å². The van der Waals surface area contributed by atoms with E-state index in [0.29, 0.717) is 31.3 Å². The van der Waals surface area contributed by atoms with E-state index in [9.17, 15) is 9.59 Å². The molecule has 2 unspecified atom stereocenters. The first kappa shape index (κ1) is 17.6. The summed E-state index contributed by atoms with van der Waals surface area (Å²) in [5, 5.41) is 3.04. The lowest BCUT2D eigenvalue weighted by atomic mass is 9.87. The van der Waals surface area contributed by atoms with Crippen molar-refractivity contribution in [2.24, 2.45) is 11.3 Å². The fraction of sp³-hybridized carbons (Fsp3) is 0.579. The Hall–Kier alpha value is -2.24. The second kappa shape index (κ2) is 6.58. The van der Waals surface area contributed by atoms with Gasteiger partial charge in [0.25, 0.3) is 0 Å². The molecule has 6 nitrogen and oxygen atoms in total. The zero-order valence-corrected chi connectivity index (χ0v) is 15.3. The van der Waals surface area contributed by atoms with Gasteiger partial charge in [0.05, 0.1) is 5.92 Å². The third kappa shape index (κ3) is 3.72. The van der Waals surface area contributed by atoms with E-state index in [0.717, 1.165) is 5.69 Å². The van der Waals surface area contributed by atoms with Gasteiger partial charge in [-0.25, -0.2) is 0 Å². The smallest absolute Gasteiger partial charge is 0.227 e. The molecule has 136 valence electrons. The topological polar surface area (TPSA) is 67.9 Å². The van der Waals surface area contributed by atoms with Gasteiger partial charge in [-0.1, -0.05) is 20.8 Å². The number of anilines is 1. The van der Waals surface area contributed by atoms with E-state index >= 15 is 0 Å². The van der Waals surface area contributed by atoms with Gasteiger partial charge in [0.2, 0.25) is 11.8 Å². The number of amides is 2. The zero-order chi connectivity index (χ0) is 18.2. The maximum Gasteiger partial charge on any atom is 0.227 e. The highest BCUT2D eigenvalue weighted by atomic mass is 16.6. The van der Waals surface area contributed by atoms with Crippen molar-refractivity contribution in [3.63, 3.8) is 0 Å². The minimum atomic E-state index is -0.328. The van der Waals surface area contributed by atoms with E-state index < -0.39 is 0 Å². The van der Waals surface area contributed by atoms with Crippen molar-refractivity contribution < 1.29 is 19.1 Å². The molecular formula is C19H26N2O4. The lowest BCUT2D eigenvalue weighted by molar-refractivity contribution is -0.127. The first-order valence-corrected chi connectivity index (χ1v) is 8.76. The Morgan fingerprint density at radius 3 is 2.60 bits per heavy atom. The lowest BCUT2D eigenvalue weighted by Gasteiger charge is -2.29. The molecule has 0 aliphatic carbocycles. The molecular weight excluding hydrogens is 320 g/mol. The second-order valence-electron chi connectivity index (χ2n) is 7.83. The van der Waals surface area contributed by atoms with Crippen LogP contribution in [-0.2, 0) is 9.59 Å². The number of carbonyl (C=O) groups is 2. The van der Waals surface area contributed by atoms with Gasteiger partial charge in [0.1, 0.15) is 13.2 Å². The van der Waals surface area contributed by atoms with Crippen molar-refractivity contribution in [3.8, 4) is 11.5 Å². The van der Waals surface area contributed by atoms with Crippen molar-refractivity contribution in [1.82, 2.24) is 5.32 Å². The molecule has 2 aliphatic rings. The Morgan fingerprint density at radius 2 is 1.92 bits per heavy atom. The summed E-state index contributed by atoms with van der Waals surface area (Å²) in [4.78, 5) is 26.6. The molecule has 1 aromatic rings. The minimum Gasteiger partial charge on any atom is -0.486 e. The molecule has 0 spiro atoms. The largest absolute Gasteiger partial charge is 0.486 e. The lowest BCUT2D eigenvalue weighted by Crippen LogP contribution is -2.44. The first-order chi connectivity index (χ1) is 11.8. The van der Waals surface area contributed by atoms with E-state index in [-0.39, 0.29) is 35.6 Å². The SMILES string of the molecule is CC(NC(=O)C1CC(=O)N(c2ccc3c(c2)OCCO3)C1)C(C)(C)C. The molecule has 6 heteroatoms. The van der Waals surface area contributed by atoms with Crippen LogP contribution in [0.1, 0.15) is 34.1 Å². The molecule has 25 heavy (non-hydrogen) atoms. The molecule has 1 N–H and O–H groups in total. The molecule has 1 aromatic carbocycles. The average molecular weight is 346 g/mol. The Kier molecular flexibility index (Phi) is 4.62. The van der Waals surface area contributed by atoms with Crippen molar-refractivity contribution in [3.05, 3.63) is 18.2 Å². The van der Waals surface area contributed by atoms with Gasteiger partial charge in [-0.15, -0.1) is 0 Å². The Labute approximate surface area is 148 Å². The van der Waals surface area contributed by atoms with E-state index in [1.54, 1.807) is 4.90 Å². The minimum absolute atomic E-state index is 0.0200. The summed E-state index contributed by atoms with van der Waals surface area (Å²) in [7, 11) is 0. The fourth-order valence-corrected chi connectivity index (χ4v) is 2.88. The molecule has 0 aromatic heterocycles. The zero-order valence-electron chi connectivity index (χ0n) is 15.3. The molecule has 2 aliphatic heterocycles. The fourth-order valence-electron chi connectivity index (χ4n) is 2.88. The van der Waals surface area contributed by atoms with E-state index in [1.807, 2.05) is 25.1 Å². The summed E-state index contributed by atoms with van der Waals surface area (Å²) in [6, 6.07) is 5.50. The second-order valence-corrected chi connectivity index (χ2v) is 7.83. The molecule has 0 radical (unpaired) electrons. The van der Waals surface area contributed by atoms with E-state index in [1.165, 1.54) is 0 Å². The standard InChI is InChI=1S/C19H26N2O4/c1-12(19(2,3)4)20-18(23)13-9-17(22)21(11-13)14-5-6-15-16(10-14)25-8-7-24-15/h5-6,10,12-13H,7-9,11H2,1-4H3,(H,20,23). The normalized spacial score (nSPS) is 21.2. The van der Waals surface area contributed by atoms with Crippen molar-refractivity contribution in [2.75, 3.05) is 24.7 Å². The van der Waals surface area contributed by atoms with E-state index in [4.69, 9.17) is 9.47 Å². The molecule has 2 atom stereocenters. The maximum atomic E-state index is 12.5. The summed E-state index contributed by atoms with van der Waals surface area (Å²) in [5.41, 5.74) is 0.724. The van der Waals surface area contributed by atoms with Crippen LogP contribution in [0.3, 0.4) is 0 Å². The van der Waals surface area contributed by atoms with Gasteiger partial charge >= 0.3 is 0 Å². The number of nitrogens with one attached hydrogen (secondary N) is 1. The van der Waals surface area contributed by atoms with Crippen molar-refractivity contribution in [1.29, 1.82) is 0 Å². The third-order valence-electron chi connectivity index (χ3n) is 4.99. The van der Waals surface area contributed by atoms with Crippen LogP contribution in [-0.4, -0.2) is 37.6 Å². The summed E-state index contributed by atoms with van der Waals surface area (Å²) in [5.74, 6) is 0.905. The summed E-state index contributed by atoms with van der Waals surface area (Å²) >= 11 is 0. The highest BCUT2D eigenvalue weighted by Gasteiger charge is 2.36. The summed E-state index contributed by atoms with van der Waals surface area (Å²) < 4.78 is 11.1. The first-order valence-electron chi connectivity index (χ1n) is 8.76. The predicted molar refractivity (Wildman–Crippen MR) is 95.0 cm³/mol. The number of benzene rings is 1. The van der Waals surface area contributed by atoms with Crippen LogP contribution < -0.4 is 19.7 Å². The third-order valence-corrected chi connectivity index (χ3v) is 4.99. The monoisotopic (exact) mass is 346 g/mol. The average Bonchev–Trinajstić information content (AvgIpc) is 2.95. The van der Waals surface area contributed by atoms with Crippen LogP contribution in [0, 0.1) is 11.3 Å². The number of hydrogen-bond donors (Lipinski definition) is 1. The van der Waals surface area contributed by atoms with E-state index in [2.05, 4.69) is 26.1 Å². The van der Waals surface area contributed by atoms with Gasteiger partial charge < -0.3 is 19.7 Å². The molecule has 3 rings (SSSR count). The van der Waals surface area contributed by atoms with Crippen LogP contribution in [0.25, 0.3) is 0 Å². The number of rotatable bonds is 3. The number of nitrogens with zero attached hydrogens (tertiary/aromatic N) is 1. The maximum absolute atomic E-state index is 12.5. The van der Waals surface area contributed by atoms with Gasteiger partial charge in [-0.3, -0.25) is 9.59 Å². The highest BCUT2D eigenvalue weighted by Crippen LogP contribution is 2.36. The van der Waals surface area contributed by atoms with Crippen LogP contribution in [0.5, 0.6) is 11.5 Å². The molecule has 1 fully saturated rings. The van der Waals surface area contributed by atoms with Gasteiger partial charge in [0.15, 0.2) is 11.5 Å². The van der Waals surface area contributed by atoms with Gasteiger partial charge in [0, 0.05) is 30.8 Å². The molecule has 2 heterocycles. The van der Waals surface area contributed by atoms with Crippen LogP contribution in [0.2, 0.25) is 0 Å². The highest BCUT2D eigenvalue weighted by molar-refractivity contribution is 6.00. The Balaban J connectivity index is 1.69. The van der Waals surface area contributed by atoms with Crippen molar-refractivity contribution >= 4 is 17.5 Å².